The molecule has 0 saturated carbocycles. The summed E-state index contributed by atoms with van der Waals surface area (Å²) >= 11 is 0. The summed E-state index contributed by atoms with van der Waals surface area (Å²) in [5.74, 6) is -1.87. The number of primary amides is 2. The highest BCUT2D eigenvalue weighted by Gasteiger charge is 2.14. The Hall–Kier alpha value is -2.28. The molecule has 6 nitrogen and oxygen atoms in total. The van der Waals surface area contributed by atoms with E-state index >= 15 is 0 Å². The van der Waals surface area contributed by atoms with Crippen LogP contribution in [0.5, 0.6) is 0 Å². The lowest BCUT2D eigenvalue weighted by atomic mass is 10.1. The second-order valence-corrected chi connectivity index (χ2v) is 4.32. The van der Waals surface area contributed by atoms with E-state index in [4.69, 9.17) is 11.5 Å². The molecule has 0 heterocycles. The van der Waals surface area contributed by atoms with Gasteiger partial charge in [-0.05, 0) is 24.3 Å². The van der Waals surface area contributed by atoms with Crippen molar-refractivity contribution in [2.24, 2.45) is 11.5 Å². The van der Waals surface area contributed by atoms with Crippen molar-refractivity contribution in [1.29, 1.82) is 0 Å². The summed E-state index contributed by atoms with van der Waals surface area (Å²) in [6.07, 6.45) is 0.0756. The van der Waals surface area contributed by atoms with Gasteiger partial charge in [0.05, 0.1) is 13.1 Å². The Labute approximate surface area is 115 Å². The van der Waals surface area contributed by atoms with Crippen LogP contribution in [0.3, 0.4) is 0 Å². The highest BCUT2D eigenvalue weighted by Crippen LogP contribution is 2.06. The van der Waals surface area contributed by atoms with Gasteiger partial charge in [0.15, 0.2) is 5.78 Å². The average Bonchev–Trinajstić information content (AvgIpc) is 2.35. The van der Waals surface area contributed by atoms with Gasteiger partial charge < -0.3 is 11.5 Å². The number of nitrogens with two attached hydrogens (primary N) is 2. The van der Waals surface area contributed by atoms with E-state index in [0.717, 1.165) is 0 Å². The van der Waals surface area contributed by atoms with Crippen molar-refractivity contribution in [2.45, 2.75) is 6.42 Å². The minimum absolute atomic E-state index is 0.0756. The number of ketones is 1. The van der Waals surface area contributed by atoms with Gasteiger partial charge in [0, 0.05) is 18.5 Å². The predicted molar refractivity (Wildman–Crippen MR) is 70.2 cm³/mol. The number of rotatable bonds is 8. The van der Waals surface area contributed by atoms with Gasteiger partial charge in [-0.2, -0.15) is 0 Å². The molecule has 0 radical (unpaired) electrons. The molecule has 0 fully saturated rings. The largest absolute Gasteiger partial charge is 0.369 e. The van der Waals surface area contributed by atoms with Crippen LogP contribution >= 0.6 is 0 Å². The second-order valence-electron chi connectivity index (χ2n) is 4.32. The van der Waals surface area contributed by atoms with E-state index < -0.39 is 17.6 Å². The second kappa shape index (κ2) is 7.34. The first-order valence-electron chi connectivity index (χ1n) is 5.96. The third kappa shape index (κ3) is 5.57. The first kappa shape index (κ1) is 15.8. The van der Waals surface area contributed by atoms with Gasteiger partial charge in [0.1, 0.15) is 5.82 Å². The molecule has 0 bridgehead atoms. The van der Waals surface area contributed by atoms with Crippen LogP contribution in [0.4, 0.5) is 4.39 Å². The molecule has 1 rings (SSSR count). The standard InChI is InChI=1S/C13H16FN3O3/c14-10-3-1-9(2-4-10)11(18)5-6-17(7-12(15)19)8-13(16)20/h1-4H,5-8H2,(H2,15,19)(H2,16,20). The molecule has 0 aromatic heterocycles. The zero-order valence-electron chi connectivity index (χ0n) is 10.8. The summed E-state index contributed by atoms with van der Waals surface area (Å²) < 4.78 is 12.7. The van der Waals surface area contributed by atoms with Gasteiger partial charge in [0.2, 0.25) is 11.8 Å². The number of nitrogens with zero attached hydrogens (tertiary/aromatic N) is 1. The Bertz CT molecular complexity index is 486. The third-order valence-electron chi connectivity index (χ3n) is 2.58. The Balaban J connectivity index is 2.57. The van der Waals surface area contributed by atoms with Crippen molar-refractivity contribution in [1.82, 2.24) is 4.90 Å². The zero-order chi connectivity index (χ0) is 15.1. The van der Waals surface area contributed by atoms with E-state index in [1.807, 2.05) is 0 Å². The lowest BCUT2D eigenvalue weighted by molar-refractivity contribution is -0.121. The summed E-state index contributed by atoms with van der Waals surface area (Å²) in [5.41, 5.74) is 10.5. The summed E-state index contributed by atoms with van der Waals surface area (Å²) in [6, 6.07) is 5.14. The van der Waals surface area contributed by atoms with E-state index in [-0.39, 0.29) is 31.8 Å². The highest BCUT2D eigenvalue weighted by atomic mass is 19.1. The van der Waals surface area contributed by atoms with Crippen molar-refractivity contribution in [3.05, 3.63) is 35.6 Å². The molecule has 1 aromatic carbocycles. The molecule has 108 valence electrons. The predicted octanol–water partition coefficient (Wildman–Crippen LogP) is -0.329. The molecule has 0 aliphatic heterocycles. The number of carbonyl (C=O) groups is 3. The maximum atomic E-state index is 12.7. The molecule has 7 heteroatoms. The van der Waals surface area contributed by atoms with Gasteiger partial charge in [-0.25, -0.2) is 4.39 Å². The van der Waals surface area contributed by atoms with Crippen LogP contribution in [0.2, 0.25) is 0 Å². The van der Waals surface area contributed by atoms with E-state index in [1.54, 1.807) is 0 Å². The van der Waals surface area contributed by atoms with Crippen molar-refractivity contribution in [3.8, 4) is 0 Å². The highest BCUT2D eigenvalue weighted by molar-refractivity contribution is 5.96. The van der Waals surface area contributed by atoms with Crippen LogP contribution < -0.4 is 11.5 Å². The lowest BCUT2D eigenvalue weighted by Crippen LogP contribution is -2.40. The molecule has 0 saturated heterocycles. The fourth-order valence-corrected chi connectivity index (χ4v) is 1.69. The monoisotopic (exact) mass is 281 g/mol. The quantitative estimate of drug-likeness (QED) is 0.636. The van der Waals surface area contributed by atoms with Crippen LogP contribution in [0.25, 0.3) is 0 Å². The first-order chi connectivity index (χ1) is 9.38. The van der Waals surface area contributed by atoms with Gasteiger partial charge in [-0.3, -0.25) is 19.3 Å². The molecule has 2 amide bonds. The summed E-state index contributed by atoms with van der Waals surface area (Å²) in [5, 5.41) is 0. The first-order valence-corrected chi connectivity index (χ1v) is 5.96. The minimum Gasteiger partial charge on any atom is -0.369 e. The molecule has 0 spiro atoms. The topological polar surface area (TPSA) is 106 Å². The van der Waals surface area contributed by atoms with Crippen LogP contribution in [0, 0.1) is 5.82 Å². The summed E-state index contributed by atoms with van der Waals surface area (Å²) in [6.45, 7) is -0.138. The molecule has 1 aromatic rings. The van der Waals surface area contributed by atoms with Crippen molar-refractivity contribution in [3.63, 3.8) is 0 Å². The fourth-order valence-electron chi connectivity index (χ4n) is 1.69. The zero-order valence-corrected chi connectivity index (χ0v) is 10.8. The van der Waals surface area contributed by atoms with Crippen LogP contribution in [-0.4, -0.2) is 42.1 Å². The number of Topliss-reactive ketones (excluding diaryl/α,β-unsaturated/α-hetero) is 1. The molecular weight excluding hydrogens is 265 g/mol. The number of amides is 2. The Morgan fingerprint density at radius 1 is 1.00 bits per heavy atom. The lowest BCUT2D eigenvalue weighted by Gasteiger charge is -2.18. The summed E-state index contributed by atoms with van der Waals surface area (Å²) in [7, 11) is 0. The van der Waals surface area contributed by atoms with Crippen molar-refractivity contribution < 1.29 is 18.8 Å². The normalized spacial score (nSPS) is 10.5. The van der Waals surface area contributed by atoms with Gasteiger partial charge in [0.25, 0.3) is 0 Å². The molecule has 0 unspecified atom stereocenters. The number of hydrogen-bond donors (Lipinski definition) is 2. The smallest absolute Gasteiger partial charge is 0.231 e. The fraction of sp³-hybridized carbons (Fsp3) is 0.308. The maximum Gasteiger partial charge on any atom is 0.231 e. The van der Waals surface area contributed by atoms with Gasteiger partial charge >= 0.3 is 0 Å². The van der Waals surface area contributed by atoms with E-state index in [9.17, 15) is 18.8 Å². The van der Waals surface area contributed by atoms with Crippen LogP contribution in [-0.2, 0) is 9.59 Å². The van der Waals surface area contributed by atoms with Crippen LogP contribution in [0.1, 0.15) is 16.8 Å². The van der Waals surface area contributed by atoms with Crippen molar-refractivity contribution in [2.75, 3.05) is 19.6 Å². The number of carbonyl (C=O) groups excluding carboxylic acids is 3. The molecule has 4 N–H and O–H groups in total. The van der Waals surface area contributed by atoms with E-state index in [2.05, 4.69) is 0 Å². The third-order valence-corrected chi connectivity index (χ3v) is 2.58. The minimum atomic E-state index is -0.611. The Kier molecular flexibility index (Phi) is 5.79. The molecule has 0 aliphatic rings. The SMILES string of the molecule is NC(=O)CN(CCC(=O)c1ccc(F)cc1)CC(N)=O. The Morgan fingerprint density at radius 2 is 1.50 bits per heavy atom. The van der Waals surface area contributed by atoms with Crippen molar-refractivity contribution >= 4 is 17.6 Å². The van der Waals surface area contributed by atoms with Gasteiger partial charge in [-0.1, -0.05) is 0 Å². The summed E-state index contributed by atoms with van der Waals surface area (Å²) in [4.78, 5) is 34.9. The maximum absolute atomic E-state index is 12.7. The molecular formula is C13H16FN3O3. The van der Waals surface area contributed by atoms with Gasteiger partial charge in [-0.15, -0.1) is 0 Å². The van der Waals surface area contributed by atoms with E-state index in [1.165, 1.54) is 29.2 Å². The molecule has 20 heavy (non-hydrogen) atoms. The van der Waals surface area contributed by atoms with Crippen LogP contribution in [0.15, 0.2) is 24.3 Å². The average molecular weight is 281 g/mol. The Morgan fingerprint density at radius 3 is 1.95 bits per heavy atom. The number of benzene rings is 1. The van der Waals surface area contributed by atoms with E-state index in [0.29, 0.717) is 5.56 Å². The molecule has 0 atom stereocenters. The number of hydrogen-bond acceptors (Lipinski definition) is 4. The number of halogens is 1. The molecule has 0 aliphatic carbocycles.